The summed E-state index contributed by atoms with van der Waals surface area (Å²) in [6, 6.07) is 10.00. The van der Waals surface area contributed by atoms with Gasteiger partial charge in [-0.2, -0.15) is 5.10 Å². The molecule has 2 saturated carbocycles. The lowest BCUT2D eigenvalue weighted by atomic mass is 9.70. The highest BCUT2D eigenvalue weighted by molar-refractivity contribution is 5.93. The van der Waals surface area contributed by atoms with E-state index < -0.39 is 5.97 Å². The van der Waals surface area contributed by atoms with Gasteiger partial charge in [0.05, 0.1) is 24.3 Å². The zero-order valence-corrected chi connectivity index (χ0v) is 13.2. The number of nitrogens with one attached hydrogen (secondary N) is 1. The minimum atomic E-state index is -0.726. The Bertz CT molecular complexity index is 778. The largest absolute Gasteiger partial charge is 0.481 e. The van der Waals surface area contributed by atoms with Crippen LogP contribution in [0.4, 0.5) is 5.69 Å². The van der Waals surface area contributed by atoms with Gasteiger partial charge < -0.3 is 10.4 Å². The number of carboxylic acids is 1. The van der Waals surface area contributed by atoms with E-state index in [9.17, 15) is 9.59 Å². The zero-order valence-electron chi connectivity index (χ0n) is 13.2. The summed E-state index contributed by atoms with van der Waals surface area (Å²) in [6.45, 7) is 0.656. The quantitative estimate of drug-likeness (QED) is 0.884. The average molecular weight is 325 g/mol. The molecule has 1 amide bonds. The summed E-state index contributed by atoms with van der Waals surface area (Å²) in [5.74, 6) is -1.08. The molecule has 1 aromatic heterocycles. The van der Waals surface area contributed by atoms with Crippen LogP contribution in [-0.2, 0) is 16.1 Å². The third kappa shape index (κ3) is 2.68. The van der Waals surface area contributed by atoms with Gasteiger partial charge >= 0.3 is 5.97 Å². The molecular weight excluding hydrogens is 306 g/mol. The molecule has 0 bridgehead atoms. The maximum atomic E-state index is 12.3. The number of hydrogen-bond acceptors (Lipinski definition) is 3. The van der Waals surface area contributed by atoms with Crippen LogP contribution in [0.1, 0.15) is 24.8 Å². The van der Waals surface area contributed by atoms with E-state index in [1.54, 1.807) is 10.9 Å². The van der Waals surface area contributed by atoms with E-state index in [0.717, 1.165) is 12.0 Å². The summed E-state index contributed by atoms with van der Waals surface area (Å²) in [4.78, 5) is 23.2. The smallest absolute Gasteiger partial charge is 0.307 e. The highest BCUT2D eigenvalue weighted by atomic mass is 16.4. The summed E-state index contributed by atoms with van der Waals surface area (Å²) in [5.41, 5.74) is 1.74. The number of anilines is 1. The summed E-state index contributed by atoms with van der Waals surface area (Å²) in [6.07, 6.45) is 5.56. The monoisotopic (exact) mass is 325 g/mol. The van der Waals surface area contributed by atoms with Crippen molar-refractivity contribution in [2.75, 3.05) is 5.32 Å². The van der Waals surface area contributed by atoms with Crippen LogP contribution in [-0.4, -0.2) is 26.8 Å². The molecule has 2 aliphatic carbocycles. The Hall–Kier alpha value is -2.63. The van der Waals surface area contributed by atoms with Gasteiger partial charge in [-0.15, -0.1) is 0 Å². The molecule has 2 N–H and O–H groups in total. The van der Waals surface area contributed by atoms with Gasteiger partial charge in [0.2, 0.25) is 5.91 Å². The standard InChI is InChI=1S/C18H19N3O3/c22-16(13-6-18(7-13)8-15(18)17(23)24)20-14-9-19-21(11-14)10-12-4-2-1-3-5-12/h1-5,9,11,13,15H,6-8,10H2,(H,20,22)(H,23,24). The van der Waals surface area contributed by atoms with Crippen molar-refractivity contribution in [3.8, 4) is 0 Å². The van der Waals surface area contributed by atoms with Crippen molar-refractivity contribution in [1.82, 2.24) is 9.78 Å². The average Bonchev–Trinajstić information content (AvgIpc) is 3.16. The Morgan fingerprint density at radius 1 is 1.25 bits per heavy atom. The second kappa shape index (κ2) is 5.47. The Kier molecular flexibility index (Phi) is 3.40. The highest BCUT2D eigenvalue weighted by Crippen LogP contribution is 2.67. The maximum Gasteiger partial charge on any atom is 0.307 e. The van der Waals surface area contributed by atoms with Crippen LogP contribution in [0.25, 0.3) is 0 Å². The number of carbonyl (C=O) groups is 2. The number of hydrogen-bond donors (Lipinski definition) is 2. The Labute approximate surface area is 139 Å². The molecule has 1 atom stereocenters. The number of carboxylic acid groups (broad SMARTS) is 1. The lowest BCUT2D eigenvalue weighted by Gasteiger charge is -2.35. The van der Waals surface area contributed by atoms with Gasteiger partial charge in [0, 0.05) is 12.1 Å². The first-order valence-corrected chi connectivity index (χ1v) is 8.16. The van der Waals surface area contributed by atoms with Crippen LogP contribution in [0.2, 0.25) is 0 Å². The highest BCUT2D eigenvalue weighted by Gasteiger charge is 2.65. The van der Waals surface area contributed by atoms with Crippen LogP contribution in [0.3, 0.4) is 0 Å². The molecule has 2 aliphatic rings. The predicted octanol–water partition coefficient (Wildman–Crippen LogP) is 2.37. The molecule has 0 aliphatic heterocycles. The summed E-state index contributed by atoms with van der Waals surface area (Å²) >= 11 is 0. The fourth-order valence-electron chi connectivity index (χ4n) is 3.78. The van der Waals surface area contributed by atoms with E-state index in [1.165, 1.54) is 0 Å². The minimum Gasteiger partial charge on any atom is -0.481 e. The first kappa shape index (κ1) is 14.9. The van der Waals surface area contributed by atoms with E-state index in [0.29, 0.717) is 25.1 Å². The fraction of sp³-hybridized carbons (Fsp3) is 0.389. The zero-order chi connectivity index (χ0) is 16.7. The summed E-state index contributed by atoms with van der Waals surface area (Å²) < 4.78 is 1.79. The summed E-state index contributed by atoms with van der Waals surface area (Å²) in [5, 5.41) is 16.2. The third-order valence-corrected chi connectivity index (χ3v) is 5.25. The van der Waals surface area contributed by atoms with Crippen molar-refractivity contribution in [1.29, 1.82) is 0 Å². The molecule has 1 spiro atoms. The van der Waals surface area contributed by atoms with Crippen LogP contribution >= 0.6 is 0 Å². The van der Waals surface area contributed by atoms with Gasteiger partial charge in [0.15, 0.2) is 0 Å². The third-order valence-electron chi connectivity index (χ3n) is 5.25. The van der Waals surface area contributed by atoms with Crippen molar-refractivity contribution in [2.45, 2.75) is 25.8 Å². The molecular formula is C18H19N3O3. The van der Waals surface area contributed by atoms with E-state index in [2.05, 4.69) is 10.4 Å². The molecule has 1 aromatic carbocycles. The number of carbonyl (C=O) groups excluding carboxylic acids is 1. The van der Waals surface area contributed by atoms with Crippen molar-refractivity contribution < 1.29 is 14.7 Å². The first-order chi connectivity index (χ1) is 11.6. The summed E-state index contributed by atoms with van der Waals surface area (Å²) in [7, 11) is 0. The molecule has 1 unspecified atom stereocenters. The van der Waals surface area contributed by atoms with Crippen molar-refractivity contribution >= 4 is 17.6 Å². The number of amides is 1. The maximum absolute atomic E-state index is 12.3. The van der Waals surface area contributed by atoms with Crippen molar-refractivity contribution in [2.24, 2.45) is 17.3 Å². The van der Waals surface area contributed by atoms with E-state index >= 15 is 0 Å². The molecule has 4 rings (SSSR count). The lowest BCUT2D eigenvalue weighted by Crippen LogP contribution is -2.37. The van der Waals surface area contributed by atoms with Gasteiger partial charge in [0.25, 0.3) is 0 Å². The normalized spacial score (nSPS) is 27.5. The van der Waals surface area contributed by atoms with E-state index in [-0.39, 0.29) is 23.2 Å². The molecule has 6 nitrogen and oxygen atoms in total. The molecule has 0 radical (unpaired) electrons. The minimum absolute atomic E-state index is 0.0316. The molecule has 24 heavy (non-hydrogen) atoms. The number of rotatable bonds is 5. The number of aliphatic carboxylic acids is 1. The van der Waals surface area contributed by atoms with Crippen LogP contribution < -0.4 is 5.32 Å². The molecule has 0 saturated heterocycles. The Balaban J connectivity index is 1.31. The fourth-order valence-corrected chi connectivity index (χ4v) is 3.78. The number of benzene rings is 1. The number of nitrogens with zero attached hydrogens (tertiary/aromatic N) is 2. The van der Waals surface area contributed by atoms with Crippen LogP contribution in [0.5, 0.6) is 0 Å². The first-order valence-electron chi connectivity index (χ1n) is 8.16. The second-order valence-electron chi connectivity index (χ2n) is 6.96. The topological polar surface area (TPSA) is 84.2 Å². The Morgan fingerprint density at radius 2 is 2.00 bits per heavy atom. The Morgan fingerprint density at radius 3 is 2.67 bits per heavy atom. The van der Waals surface area contributed by atoms with Crippen LogP contribution in [0, 0.1) is 17.3 Å². The van der Waals surface area contributed by atoms with Gasteiger partial charge in [-0.05, 0) is 30.2 Å². The van der Waals surface area contributed by atoms with E-state index in [4.69, 9.17) is 5.11 Å². The van der Waals surface area contributed by atoms with Gasteiger partial charge in [0.1, 0.15) is 0 Å². The molecule has 124 valence electrons. The predicted molar refractivity (Wildman–Crippen MR) is 87.3 cm³/mol. The molecule has 2 aromatic rings. The van der Waals surface area contributed by atoms with Crippen molar-refractivity contribution in [3.05, 3.63) is 48.3 Å². The molecule has 1 heterocycles. The molecule has 6 heteroatoms. The van der Waals surface area contributed by atoms with Gasteiger partial charge in [-0.3, -0.25) is 14.3 Å². The van der Waals surface area contributed by atoms with Gasteiger partial charge in [-0.1, -0.05) is 30.3 Å². The van der Waals surface area contributed by atoms with E-state index in [1.807, 2.05) is 36.5 Å². The lowest BCUT2D eigenvalue weighted by molar-refractivity contribution is -0.141. The SMILES string of the molecule is O=C(Nc1cnn(Cc2ccccc2)c1)C1CC2(C1)CC2C(=O)O. The van der Waals surface area contributed by atoms with Crippen LogP contribution in [0.15, 0.2) is 42.7 Å². The second-order valence-corrected chi connectivity index (χ2v) is 6.96. The number of aromatic nitrogens is 2. The molecule has 2 fully saturated rings. The van der Waals surface area contributed by atoms with Gasteiger partial charge in [-0.25, -0.2) is 0 Å². The van der Waals surface area contributed by atoms with Crippen molar-refractivity contribution in [3.63, 3.8) is 0 Å².